The highest BCUT2D eigenvalue weighted by atomic mass is 32.1. The van der Waals surface area contributed by atoms with Crippen molar-refractivity contribution < 1.29 is 9.53 Å². The highest BCUT2D eigenvalue weighted by Gasteiger charge is 2.38. The highest BCUT2D eigenvalue weighted by molar-refractivity contribution is 7.11. The summed E-state index contributed by atoms with van der Waals surface area (Å²) >= 11 is 1.62. The minimum Gasteiger partial charge on any atom is -0.379 e. The summed E-state index contributed by atoms with van der Waals surface area (Å²) in [7, 11) is 0. The van der Waals surface area contributed by atoms with Crippen molar-refractivity contribution in [3.63, 3.8) is 0 Å². The molecule has 0 spiro atoms. The molecule has 2 aliphatic rings. The number of ether oxygens (including phenoxy) is 1. The van der Waals surface area contributed by atoms with Gasteiger partial charge in [0.25, 0.3) is 0 Å². The molecule has 1 saturated heterocycles. The van der Waals surface area contributed by atoms with E-state index in [0.29, 0.717) is 6.54 Å². The third-order valence-electron chi connectivity index (χ3n) is 5.14. The van der Waals surface area contributed by atoms with Crippen LogP contribution in [0.1, 0.15) is 42.0 Å². The summed E-state index contributed by atoms with van der Waals surface area (Å²) in [4.78, 5) is 20.1. The lowest BCUT2D eigenvalue weighted by Gasteiger charge is -2.48. The molecule has 0 unspecified atom stereocenters. The highest BCUT2D eigenvalue weighted by Crippen LogP contribution is 2.33. The fourth-order valence-electron chi connectivity index (χ4n) is 3.81. The number of nitrogens with one attached hydrogen (secondary N) is 2. The number of carbonyl (C=O) groups excluding carboxylic acids is 1. The topological polar surface area (TPSA) is 66.5 Å². The quantitative estimate of drug-likeness (QED) is 0.853. The summed E-state index contributed by atoms with van der Waals surface area (Å²) in [5.41, 5.74) is 0.112. The van der Waals surface area contributed by atoms with Crippen molar-refractivity contribution in [2.24, 2.45) is 0 Å². The Morgan fingerprint density at radius 3 is 2.71 bits per heavy atom. The van der Waals surface area contributed by atoms with Gasteiger partial charge in [0.05, 0.1) is 24.8 Å². The molecular formula is C17H28N4O2S. The van der Waals surface area contributed by atoms with Crippen LogP contribution in [0, 0.1) is 6.92 Å². The first kappa shape index (κ1) is 17.6. The molecule has 0 atom stereocenters. The monoisotopic (exact) mass is 352 g/mol. The molecule has 1 aliphatic heterocycles. The van der Waals surface area contributed by atoms with Crippen LogP contribution in [0.4, 0.5) is 4.79 Å². The number of thiazole rings is 1. The van der Waals surface area contributed by atoms with Crippen LogP contribution in [0.5, 0.6) is 0 Å². The molecule has 0 aromatic carbocycles. The van der Waals surface area contributed by atoms with E-state index in [1.807, 2.05) is 13.1 Å². The lowest BCUT2D eigenvalue weighted by atomic mass is 9.80. The van der Waals surface area contributed by atoms with Gasteiger partial charge in [-0.25, -0.2) is 9.78 Å². The van der Waals surface area contributed by atoms with Crippen molar-refractivity contribution in [3.05, 3.63) is 16.1 Å². The zero-order valence-corrected chi connectivity index (χ0v) is 15.3. The van der Waals surface area contributed by atoms with Gasteiger partial charge in [0, 0.05) is 36.2 Å². The van der Waals surface area contributed by atoms with Gasteiger partial charge in [-0.1, -0.05) is 19.3 Å². The van der Waals surface area contributed by atoms with Crippen LogP contribution < -0.4 is 10.6 Å². The number of nitrogens with zero attached hydrogens (tertiary/aromatic N) is 2. The molecule has 24 heavy (non-hydrogen) atoms. The van der Waals surface area contributed by atoms with Gasteiger partial charge in [0.15, 0.2) is 0 Å². The molecule has 0 bridgehead atoms. The number of hydrogen-bond donors (Lipinski definition) is 2. The van der Waals surface area contributed by atoms with Gasteiger partial charge in [-0.15, -0.1) is 11.3 Å². The summed E-state index contributed by atoms with van der Waals surface area (Å²) in [6.45, 7) is 6.80. The van der Waals surface area contributed by atoms with Gasteiger partial charge in [-0.3, -0.25) is 4.90 Å². The molecule has 1 aromatic rings. The minimum absolute atomic E-state index is 0.0840. The summed E-state index contributed by atoms with van der Waals surface area (Å²) in [5, 5.41) is 7.10. The van der Waals surface area contributed by atoms with Crippen LogP contribution in [-0.2, 0) is 11.3 Å². The number of morpholine rings is 1. The normalized spacial score (nSPS) is 21.4. The fraction of sp³-hybridized carbons (Fsp3) is 0.765. The second-order valence-electron chi connectivity index (χ2n) is 6.77. The van der Waals surface area contributed by atoms with E-state index < -0.39 is 0 Å². The molecule has 7 heteroatoms. The SMILES string of the molecule is Cc1ncc(CNC(=O)NCC2(N3CCOCC3)CCCCC2)s1. The van der Waals surface area contributed by atoms with Crippen LogP contribution in [0.2, 0.25) is 0 Å². The molecule has 1 aliphatic carbocycles. The van der Waals surface area contributed by atoms with E-state index in [0.717, 1.165) is 42.7 Å². The van der Waals surface area contributed by atoms with Crippen molar-refractivity contribution >= 4 is 17.4 Å². The Kier molecular flexibility index (Phi) is 6.08. The number of aryl methyl sites for hydroxylation is 1. The smallest absolute Gasteiger partial charge is 0.315 e. The lowest BCUT2D eigenvalue weighted by molar-refractivity contribution is -0.0357. The number of carbonyl (C=O) groups is 1. The van der Waals surface area contributed by atoms with E-state index in [2.05, 4.69) is 20.5 Å². The zero-order valence-electron chi connectivity index (χ0n) is 14.5. The van der Waals surface area contributed by atoms with Crippen molar-refractivity contribution in [2.45, 2.75) is 51.1 Å². The summed E-state index contributed by atoms with van der Waals surface area (Å²) in [5.74, 6) is 0. The largest absolute Gasteiger partial charge is 0.379 e. The molecule has 2 heterocycles. The van der Waals surface area contributed by atoms with Crippen LogP contribution >= 0.6 is 11.3 Å². The van der Waals surface area contributed by atoms with Gasteiger partial charge in [0.1, 0.15) is 0 Å². The Morgan fingerprint density at radius 1 is 1.29 bits per heavy atom. The first-order chi connectivity index (χ1) is 11.7. The molecule has 1 aromatic heterocycles. The van der Waals surface area contributed by atoms with E-state index in [1.54, 1.807) is 11.3 Å². The molecule has 0 radical (unpaired) electrons. The molecule has 6 nitrogen and oxygen atoms in total. The number of aromatic nitrogens is 1. The predicted molar refractivity (Wildman–Crippen MR) is 95.3 cm³/mol. The van der Waals surface area contributed by atoms with Gasteiger partial charge >= 0.3 is 6.03 Å². The van der Waals surface area contributed by atoms with Gasteiger partial charge in [0.2, 0.25) is 0 Å². The van der Waals surface area contributed by atoms with Crippen LogP contribution in [-0.4, -0.2) is 54.3 Å². The molecule has 1 saturated carbocycles. The Labute approximate surface area is 148 Å². The van der Waals surface area contributed by atoms with Gasteiger partial charge < -0.3 is 15.4 Å². The second kappa shape index (κ2) is 8.27. The van der Waals surface area contributed by atoms with Crippen LogP contribution in [0.25, 0.3) is 0 Å². The molecule has 134 valence electrons. The van der Waals surface area contributed by atoms with E-state index in [4.69, 9.17) is 4.74 Å². The van der Waals surface area contributed by atoms with E-state index in [9.17, 15) is 4.79 Å². The van der Waals surface area contributed by atoms with E-state index in [-0.39, 0.29) is 11.6 Å². The maximum absolute atomic E-state index is 12.2. The third kappa shape index (κ3) is 4.46. The Bertz CT molecular complexity index is 536. The Morgan fingerprint density at radius 2 is 2.04 bits per heavy atom. The van der Waals surface area contributed by atoms with Gasteiger partial charge in [-0.05, 0) is 19.8 Å². The first-order valence-electron chi connectivity index (χ1n) is 8.94. The van der Waals surface area contributed by atoms with E-state index >= 15 is 0 Å². The molecule has 2 N–H and O–H groups in total. The fourth-order valence-corrected chi connectivity index (χ4v) is 4.55. The number of hydrogen-bond acceptors (Lipinski definition) is 5. The lowest BCUT2D eigenvalue weighted by Crippen LogP contribution is -2.60. The summed E-state index contributed by atoms with van der Waals surface area (Å²) in [6.07, 6.45) is 7.98. The van der Waals surface area contributed by atoms with Crippen LogP contribution in [0.15, 0.2) is 6.20 Å². The number of rotatable bonds is 5. The first-order valence-corrected chi connectivity index (χ1v) is 9.75. The van der Waals surface area contributed by atoms with Gasteiger partial charge in [-0.2, -0.15) is 0 Å². The van der Waals surface area contributed by atoms with Crippen molar-refractivity contribution in [3.8, 4) is 0 Å². The zero-order chi connectivity index (χ0) is 16.8. The molecular weight excluding hydrogens is 324 g/mol. The van der Waals surface area contributed by atoms with Crippen LogP contribution in [0.3, 0.4) is 0 Å². The maximum Gasteiger partial charge on any atom is 0.315 e. The number of amides is 2. The van der Waals surface area contributed by atoms with Crippen molar-refractivity contribution in [2.75, 3.05) is 32.8 Å². The average Bonchev–Trinajstić information content (AvgIpc) is 3.05. The maximum atomic E-state index is 12.2. The third-order valence-corrected chi connectivity index (χ3v) is 6.05. The van der Waals surface area contributed by atoms with E-state index in [1.165, 1.54) is 32.1 Å². The molecule has 3 rings (SSSR count). The standard InChI is InChI=1S/C17H28N4O2S/c1-14-18-11-15(24-14)12-19-16(22)20-13-17(5-3-2-4-6-17)21-7-9-23-10-8-21/h11H,2-10,12-13H2,1H3,(H2,19,20,22). The summed E-state index contributed by atoms with van der Waals surface area (Å²) in [6, 6.07) is -0.0840. The minimum atomic E-state index is -0.0840. The molecule has 2 amide bonds. The summed E-state index contributed by atoms with van der Waals surface area (Å²) < 4.78 is 5.50. The Balaban J connectivity index is 1.51. The number of urea groups is 1. The average molecular weight is 353 g/mol. The predicted octanol–water partition coefficient (Wildman–Crippen LogP) is 2.29. The van der Waals surface area contributed by atoms with Crippen molar-refractivity contribution in [1.82, 2.24) is 20.5 Å². The molecule has 2 fully saturated rings. The Hall–Kier alpha value is -1.18. The van der Waals surface area contributed by atoms with Crippen molar-refractivity contribution in [1.29, 1.82) is 0 Å². The second-order valence-corrected chi connectivity index (χ2v) is 8.09.